The molecule has 1 saturated carbocycles. The predicted molar refractivity (Wildman–Crippen MR) is 89.1 cm³/mol. The quantitative estimate of drug-likeness (QED) is 0.867. The highest BCUT2D eigenvalue weighted by Gasteiger charge is 2.22. The largest absolute Gasteiger partial charge is 0.347 e. The van der Waals surface area contributed by atoms with Crippen molar-refractivity contribution in [2.45, 2.75) is 44.4 Å². The van der Waals surface area contributed by atoms with Gasteiger partial charge in [-0.1, -0.05) is 43.5 Å². The van der Waals surface area contributed by atoms with Gasteiger partial charge in [-0.2, -0.15) is 0 Å². The molecule has 1 heterocycles. The summed E-state index contributed by atoms with van der Waals surface area (Å²) in [6.45, 7) is 0.969. The van der Waals surface area contributed by atoms with Crippen molar-refractivity contribution < 1.29 is 14.3 Å². The fraction of sp³-hybridized carbons (Fsp3) is 0.526. The molecule has 1 N–H and O–H groups in total. The van der Waals surface area contributed by atoms with Gasteiger partial charge in [0.1, 0.15) is 0 Å². The molecule has 0 radical (unpaired) electrons. The lowest BCUT2D eigenvalue weighted by molar-refractivity contribution is -0.161. The average molecular weight is 315 g/mol. The first-order chi connectivity index (χ1) is 11.3. The molecule has 0 atom stereocenters. The molecule has 1 saturated heterocycles. The van der Waals surface area contributed by atoms with E-state index in [1.807, 2.05) is 24.3 Å². The Morgan fingerprint density at radius 2 is 1.70 bits per heavy atom. The number of benzene rings is 1. The van der Waals surface area contributed by atoms with E-state index in [1.54, 1.807) is 12.1 Å². The van der Waals surface area contributed by atoms with E-state index in [1.165, 1.54) is 32.1 Å². The first-order valence-electron chi connectivity index (χ1n) is 8.59. The summed E-state index contributed by atoms with van der Waals surface area (Å²) < 4.78 is 11.4. The molecule has 1 aromatic rings. The van der Waals surface area contributed by atoms with Crippen LogP contribution in [0.4, 0.5) is 0 Å². The molecule has 0 unspecified atom stereocenters. The van der Waals surface area contributed by atoms with Crippen molar-refractivity contribution in [1.82, 2.24) is 5.32 Å². The third-order valence-corrected chi connectivity index (χ3v) is 4.48. The number of carbonyl (C=O) groups is 1. The van der Waals surface area contributed by atoms with Crippen molar-refractivity contribution in [1.29, 1.82) is 0 Å². The van der Waals surface area contributed by atoms with Gasteiger partial charge in [0.05, 0.1) is 19.3 Å². The lowest BCUT2D eigenvalue weighted by Crippen LogP contribution is -2.46. The Bertz CT molecular complexity index is 515. The molecule has 23 heavy (non-hydrogen) atoms. The van der Waals surface area contributed by atoms with Crippen molar-refractivity contribution in [2.24, 2.45) is 5.92 Å². The van der Waals surface area contributed by atoms with Gasteiger partial charge in [0.25, 0.3) is 5.91 Å². The Labute approximate surface area is 137 Å². The summed E-state index contributed by atoms with van der Waals surface area (Å²) in [6, 6.07) is 9.11. The lowest BCUT2D eigenvalue weighted by Gasteiger charge is -2.28. The number of hydrogen-bond donors (Lipinski definition) is 1. The first-order valence-corrected chi connectivity index (χ1v) is 8.59. The number of carbonyl (C=O) groups excluding carboxylic acids is 1. The topological polar surface area (TPSA) is 47.6 Å². The average Bonchev–Trinajstić information content (AvgIpc) is 2.63. The summed E-state index contributed by atoms with van der Waals surface area (Å²) in [4.78, 5) is 12.1. The van der Waals surface area contributed by atoms with E-state index in [-0.39, 0.29) is 18.2 Å². The van der Waals surface area contributed by atoms with Crippen molar-refractivity contribution in [2.75, 3.05) is 13.2 Å². The summed E-state index contributed by atoms with van der Waals surface area (Å²) in [5, 5.41) is 2.95. The molecule has 2 fully saturated rings. The van der Waals surface area contributed by atoms with E-state index < -0.39 is 0 Å². The van der Waals surface area contributed by atoms with Gasteiger partial charge in [-0.05, 0) is 37.0 Å². The zero-order valence-electron chi connectivity index (χ0n) is 13.4. The van der Waals surface area contributed by atoms with Crippen LogP contribution in [-0.4, -0.2) is 31.5 Å². The van der Waals surface area contributed by atoms with E-state index in [9.17, 15) is 4.79 Å². The number of nitrogens with one attached hydrogen (secondary N) is 1. The van der Waals surface area contributed by atoms with Gasteiger partial charge in [0, 0.05) is 5.56 Å². The molecular formula is C19H25NO3. The molecule has 1 aliphatic carbocycles. The normalized spacial score (nSPS) is 26.3. The molecule has 1 amide bonds. The molecular weight excluding hydrogens is 290 g/mol. The van der Waals surface area contributed by atoms with Gasteiger partial charge in [-0.15, -0.1) is 0 Å². The second kappa shape index (κ2) is 8.27. The Morgan fingerprint density at radius 1 is 1.00 bits per heavy atom. The van der Waals surface area contributed by atoms with E-state index in [0.29, 0.717) is 24.7 Å². The van der Waals surface area contributed by atoms with E-state index in [4.69, 9.17) is 9.47 Å². The summed E-state index contributed by atoms with van der Waals surface area (Å²) in [7, 11) is 0. The third kappa shape index (κ3) is 4.91. The SMILES string of the molecule is O=C(NC1COC(/C=C/C2CCCCC2)OC1)c1ccccc1. The highest BCUT2D eigenvalue weighted by atomic mass is 16.7. The summed E-state index contributed by atoms with van der Waals surface area (Å²) in [5.74, 6) is 0.588. The minimum Gasteiger partial charge on any atom is -0.347 e. The molecule has 3 rings (SSSR count). The summed E-state index contributed by atoms with van der Waals surface area (Å²) in [6.07, 6.45) is 10.6. The zero-order valence-corrected chi connectivity index (χ0v) is 13.4. The maximum atomic E-state index is 12.1. The fourth-order valence-corrected chi connectivity index (χ4v) is 3.15. The maximum Gasteiger partial charge on any atom is 0.251 e. The van der Waals surface area contributed by atoms with Gasteiger partial charge in [-0.25, -0.2) is 0 Å². The van der Waals surface area contributed by atoms with E-state index >= 15 is 0 Å². The minimum absolute atomic E-state index is 0.0843. The Balaban J connectivity index is 1.41. The highest BCUT2D eigenvalue weighted by molar-refractivity contribution is 5.94. The highest BCUT2D eigenvalue weighted by Crippen LogP contribution is 2.25. The third-order valence-electron chi connectivity index (χ3n) is 4.48. The smallest absolute Gasteiger partial charge is 0.251 e. The Morgan fingerprint density at radius 3 is 2.39 bits per heavy atom. The van der Waals surface area contributed by atoms with Crippen LogP contribution in [0.25, 0.3) is 0 Å². The predicted octanol–water partition coefficient (Wildman–Crippen LogP) is 3.29. The lowest BCUT2D eigenvalue weighted by atomic mass is 9.89. The molecule has 124 valence electrons. The van der Waals surface area contributed by atoms with Crippen molar-refractivity contribution >= 4 is 5.91 Å². The minimum atomic E-state index is -0.276. The molecule has 1 aromatic carbocycles. The Kier molecular flexibility index (Phi) is 5.83. The summed E-state index contributed by atoms with van der Waals surface area (Å²) >= 11 is 0. The second-order valence-electron chi connectivity index (χ2n) is 6.35. The van der Waals surface area contributed by atoms with Crippen molar-refractivity contribution in [3.8, 4) is 0 Å². The number of amides is 1. The van der Waals surface area contributed by atoms with E-state index in [0.717, 1.165) is 0 Å². The number of allylic oxidation sites excluding steroid dienone is 1. The van der Waals surface area contributed by atoms with Crippen LogP contribution in [-0.2, 0) is 9.47 Å². The van der Waals surface area contributed by atoms with Crippen LogP contribution in [0.5, 0.6) is 0 Å². The van der Waals surface area contributed by atoms with Crippen LogP contribution in [0.3, 0.4) is 0 Å². The van der Waals surface area contributed by atoms with Gasteiger partial charge in [-0.3, -0.25) is 4.79 Å². The Hall–Kier alpha value is -1.65. The second-order valence-corrected chi connectivity index (χ2v) is 6.35. The molecule has 0 spiro atoms. The number of ether oxygens (including phenoxy) is 2. The molecule has 2 aliphatic rings. The van der Waals surface area contributed by atoms with Crippen LogP contribution in [0.2, 0.25) is 0 Å². The monoisotopic (exact) mass is 315 g/mol. The van der Waals surface area contributed by atoms with Gasteiger partial charge < -0.3 is 14.8 Å². The van der Waals surface area contributed by atoms with Gasteiger partial charge in [0.2, 0.25) is 0 Å². The van der Waals surface area contributed by atoms with Crippen molar-refractivity contribution in [3.05, 3.63) is 48.0 Å². The number of rotatable bonds is 4. The van der Waals surface area contributed by atoms with Gasteiger partial charge in [0.15, 0.2) is 6.29 Å². The molecule has 1 aliphatic heterocycles. The van der Waals surface area contributed by atoms with Crippen molar-refractivity contribution in [3.63, 3.8) is 0 Å². The maximum absolute atomic E-state index is 12.1. The standard InChI is InChI=1S/C19H25NO3/c21-19(16-9-5-2-6-10-16)20-17-13-22-18(23-14-17)12-11-15-7-3-1-4-8-15/h2,5-6,9-12,15,17-18H,1,3-4,7-8,13-14H2,(H,20,21)/b12-11+. The molecule has 0 bridgehead atoms. The molecule has 0 aromatic heterocycles. The van der Waals surface area contributed by atoms with E-state index in [2.05, 4.69) is 11.4 Å². The van der Waals surface area contributed by atoms with Crippen LogP contribution < -0.4 is 5.32 Å². The van der Waals surface area contributed by atoms with Crippen LogP contribution >= 0.6 is 0 Å². The summed E-state index contributed by atoms with van der Waals surface area (Å²) in [5.41, 5.74) is 0.659. The first kappa shape index (κ1) is 16.2. The van der Waals surface area contributed by atoms with Crippen LogP contribution in [0.1, 0.15) is 42.5 Å². The van der Waals surface area contributed by atoms with Gasteiger partial charge >= 0.3 is 0 Å². The van der Waals surface area contributed by atoms with Crippen LogP contribution in [0, 0.1) is 5.92 Å². The molecule has 4 heteroatoms. The van der Waals surface area contributed by atoms with Crippen LogP contribution in [0.15, 0.2) is 42.5 Å². The number of hydrogen-bond acceptors (Lipinski definition) is 3. The molecule has 4 nitrogen and oxygen atoms in total. The zero-order chi connectivity index (χ0) is 15.9. The fourth-order valence-electron chi connectivity index (χ4n) is 3.15.